The van der Waals surface area contributed by atoms with E-state index in [1.807, 2.05) is 54.6 Å². The Balaban J connectivity index is 0.000000328. The Morgan fingerprint density at radius 3 is 1.29 bits per heavy atom. The minimum Gasteiger partial charge on any atom is -0.481 e. The molecule has 9 heteroatoms. The standard InChI is InChI=1S/C11H13FO.C11H11FO.C10H11FO2.C8H7FO/c2*1-9(13)7-11(8-12)10-5-3-2-4-6-10;11-7-9(6-10(12)13)8-4-2-1-3-5-8;9-6-8(10)7-4-2-1-3-5-7/h2-6,11H,7-8H2,1H3;2-7H,8H2,1H3;1-5,9H,6-7H2,(H,12,13);1-5H,6H2/b;11-7+;;. The predicted molar refractivity (Wildman–Crippen MR) is 186 cm³/mol. The molecule has 0 aliphatic heterocycles. The highest BCUT2D eigenvalue weighted by atomic mass is 19.1. The molecule has 5 nitrogen and oxygen atoms in total. The van der Waals surface area contributed by atoms with Crippen LogP contribution >= 0.6 is 0 Å². The van der Waals surface area contributed by atoms with E-state index in [1.165, 1.54) is 19.9 Å². The van der Waals surface area contributed by atoms with Gasteiger partial charge in [-0.1, -0.05) is 121 Å². The number of ketones is 3. The van der Waals surface area contributed by atoms with Gasteiger partial charge in [-0.2, -0.15) is 0 Å². The molecule has 4 aromatic carbocycles. The van der Waals surface area contributed by atoms with Gasteiger partial charge in [-0.05, 0) is 42.2 Å². The van der Waals surface area contributed by atoms with Crippen molar-refractivity contribution in [2.75, 3.05) is 26.7 Å². The predicted octanol–water partition coefficient (Wildman–Crippen LogP) is 9.40. The summed E-state index contributed by atoms with van der Waals surface area (Å²) in [6, 6.07) is 35.6. The molecule has 0 saturated carbocycles. The lowest BCUT2D eigenvalue weighted by molar-refractivity contribution is -0.137. The minimum absolute atomic E-state index is 0.0338. The molecule has 0 fully saturated rings. The van der Waals surface area contributed by atoms with Gasteiger partial charge in [0.25, 0.3) is 0 Å². The monoisotopic (exact) mass is 678 g/mol. The van der Waals surface area contributed by atoms with Crippen molar-refractivity contribution >= 4 is 28.9 Å². The van der Waals surface area contributed by atoms with Crippen molar-refractivity contribution in [1.29, 1.82) is 0 Å². The van der Waals surface area contributed by atoms with Crippen LogP contribution in [0.1, 0.15) is 65.6 Å². The molecular formula is C40H42F4O5. The zero-order valence-corrected chi connectivity index (χ0v) is 27.6. The summed E-state index contributed by atoms with van der Waals surface area (Å²) in [7, 11) is 0. The Labute approximate surface area is 285 Å². The van der Waals surface area contributed by atoms with Crippen LogP contribution in [0.15, 0.2) is 127 Å². The van der Waals surface area contributed by atoms with Crippen LogP contribution in [0.2, 0.25) is 0 Å². The largest absolute Gasteiger partial charge is 0.481 e. The third-order valence-electron chi connectivity index (χ3n) is 6.75. The lowest BCUT2D eigenvalue weighted by Gasteiger charge is -2.10. The third-order valence-corrected chi connectivity index (χ3v) is 6.75. The maximum absolute atomic E-state index is 12.6. The normalized spacial score (nSPS) is 11.5. The van der Waals surface area contributed by atoms with Gasteiger partial charge in [0, 0.05) is 23.8 Å². The number of benzene rings is 4. The van der Waals surface area contributed by atoms with E-state index in [-0.39, 0.29) is 23.9 Å². The van der Waals surface area contributed by atoms with Gasteiger partial charge in [0.15, 0.2) is 18.2 Å². The van der Waals surface area contributed by atoms with Crippen LogP contribution in [0.3, 0.4) is 0 Å². The number of carboxylic acids is 1. The van der Waals surface area contributed by atoms with Crippen molar-refractivity contribution in [2.24, 2.45) is 0 Å². The SMILES string of the molecule is CC(=O)/C=C(\CF)c1ccccc1.CC(=O)CC(CF)c1ccccc1.O=C(CF)c1ccccc1.O=C(O)CC(CF)c1ccccc1. The number of Topliss-reactive ketones (excluding diaryl/α,β-unsaturated/α-hetero) is 2. The van der Waals surface area contributed by atoms with E-state index >= 15 is 0 Å². The third kappa shape index (κ3) is 18.1. The summed E-state index contributed by atoms with van der Waals surface area (Å²) in [5.41, 5.74) is 3.28. The highest BCUT2D eigenvalue weighted by molar-refractivity contribution is 5.97. The molecule has 49 heavy (non-hydrogen) atoms. The molecule has 0 amide bonds. The Morgan fingerprint density at radius 1 is 0.571 bits per heavy atom. The quantitative estimate of drug-likeness (QED) is 0.0865. The number of hydrogen-bond acceptors (Lipinski definition) is 4. The van der Waals surface area contributed by atoms with Crippen LogP contribution in [0.5, 0.6) is 0 Å². The summed E-state index contributed by atoms with van der Waals surface area (Å²) in [6.07, 6.45) is 1.47. The van der Waals surface area contributed by atoms with E-state index in [4.69, 9.17) is 5.11 Å². The van der Waals surface area contributed by atoms with Crippen molar-refractivity contribution in [1.82, 2.24) is 0 Å². The lowest BCUT2D eigenvalue weighted by Crippen LogP contribution is -2.07. The van der Waals surface area contributed by atoms with Gasteiger partial charge in [0.2, 0.25) is 0 Å². The Hall–Kier alpha value is -5.18. The Bertz CT molecular complexity index is 1490. The van der Waals surface area contributed by atoms with Crippen molar-refractivity contribution in [2.45, 2.75) is 38.5 Å². The van der Waals surface area contributed by atoms with Crippen molar-refractivity contribution in [3.63, 3.8) is 0 Å². The molecule has 0 bridgehead atoms. The molecule has 0 radical (unpaired) electrons. The first kappa shape index (κ1) is 41.8. The number of carbonyl (C=O) groups is 4. The maximum Gasteiger partial charge on any atom is 0.304 e. The van der Waals surface area contributed by atoms with Gasteiger partial charge < -0.3 is 9.90 Å². The van der Waals surface area contributed by atoms with Gasteiger partial charge in [-0.25, -0.2) is 8.78 Å². The number of carboxylic acid groups (broad SMARTS) is 1. The lowest BCUT2D eigenvalue weighted by atomic mass is 9.95. The fourth-order valence-corrected chi connectivity index (χ4v) is 4.33. The van der Waals surface area contributed by atoms with Crippen LogP contribution in [-0.4, -0.2) is 55.1 Å². The summed E-state index contributed by atoms with van der Waals surface area (Å²) in [4.78, 5) is 42.6. The van der Waals surface area contributed by atoms with E-state index in [2.05, 4.69) is 0 Å². The minimum atomic E-state index is -0.966. The van der Waals surface area contributed by atoms with Gasteiger partial charge in [-0.15, -0.1) is 0 Å². The van der Waals surface area contributed by atoms with Crippen molar-refractivity contribution < 1.29 is 41.8 Å². The molecule has 2 unspecified atom stereocenters. The summed E-state index contributed by atoms with van der Waals surface area (Å²) < 4.78 is 49.2. The van der Waals surface area contributed by atoms with E-state index in [0.29, 0.717) is 17.6 Å². The summed E-state index contributed by atoms with van der Waals surface area (Å²) in [5, 5.41) is 8.51. The number of aliphatic carboxylic acids is 1. The number of alkyl halides is 4. The molecule has 0 heterocycles. The molecular weight excluding hydrogens is 636 g/mol. The van der Waals surface area contributed by atoms with Crippen LogP contribution in [0.25, 0.3) is 5.57 Å². The average Bonchev–Trinajstić information content (AvgIpc) is 3.13. The Kier molecular flexibility index (Phi) is 21.3. The molecule has 2 atom stereocenters. The number of hydrogen-bond donors (Lipinski definition) is 1. The van der Waals surface area contributed by atoms with Gasteiger partial charge in [0.1, 0.15) is 12.5 Å². The van der Waals surface area contributed by atoms with Gasteiger partial charge in [-0.3, -0.25) is 23.2 Å². The van der Waals surface area contributed by atoms with Crippen molar-refractivity contribution in [3.05, 3.63) is 150 Å². The second-order valence-corrected chi connectivity index (χ2v) is 10.7. The summed E-state index contributed by atoms with van der Waals surface area (Å²) >= 11 is 0. The van der Waals surface area contributed by atoms with E-state index in [0.717, 1.165) is 16.7 Å². The zero-order valence-electron chi connectivity index (χ0n) is 27.6. The van der Waals surface area contributed by atoms with E-state index in [9.17, 15) is 36.7 Å². The smallest absolute Gasteiger partial charge is 0.304 e. The van der Waals surface area contributed by atoms with Gasteiger partial charge >= 0.3 is 5.97 Å². The van der Waals surface area contributed by atoms with Crippen LogP contribution in [0.4, 0.5) is 17.6 Å². The average molecular weight is 679 g/mol. The summed E-state index contributed by atoms with van der Waals surface area (Å²) in [5.74, 6) is -2.30. The van der Waals surface area contributed by atoms with E-state index < -0.39 is 44.4 Å². The molecule has 0 saturated heterocycles. The maximum atomic E-state index is 12.6. The summed E-state index contributed by atoms with van der Waals surface area (Å²) in [6.45, 7) is 0.289. The Morgan fingerprint density at radius 2 is 0.959 bits per heavy atom. The number of allylic oxidation sites excluding steroid dienone is 2. The second-order valence-electron chi connectivity index (χ2n) is 10.7. The second kappa shape index (κ2) is 24.9. The fraction of sp³-hybridized carbons (Fsp3) is 0.250. The first-order valence-electron chi connectivity index (χ1n) is 15.5. The fourth-order valence-electron chi connectivity index (χ4n) is 4.33. The molecule has 260 valence electrons. The number of halogens is 4. The molecule has 0 aromatic heterocycles. The van der Waals surface area contributed by atoms with Gasteiger partial charge in [0.05, 0.1) is 19.8 Å². The topological polar surface area (TPSA) is 88.5 Å². The molecule has 0 spiro atoms. The van der Waals surface area contributed by atoms with Crippen LogP contribution < -0.4 is 0 Å². The molecule has 4 aromatic rings. The molecule has 0 aliphatic carbocycles. The first-order valence-corrected chi connectivity index (χ1v) is 15.5. The van der Waals surface area contributed by atoms with E-state index in [1.54, 1.807) is 66.7 Å². The molecule has 1 N–H and O–H groups in total. The first-order chi connectivity index (χ1) is 23.6. The van der Waals surface area contributed by atoms with Crippen LogP contribution in [0, 0.1) is 0 Å². The molecule has 0 aliphatic rings. The zero-order chi connectivity index (χ0) is 36.4. The highest BCUT2D eigenvalue weighted by Gasteiger charge is 2.14. The molecule has 4 rings (SSSR count). The number of carbonyl (C=O) groups excluding carboxylic acids is 3. The highest BCUT2D eigenvalue weighted by Crippen LogP contribution is 2.21. The van der Waals surface area contributed by atoms with Crippen LogP contribution in [-0.2, 0) is 14.4 Å². The van der Waals surface area contributed by atoms with Crippen molar-refractivity contribution in [3.8, 4) is 0 Å². The number of rotatable bonds is 13.